The van der Waals surface area contributed by atoms with Crippen LogP contribution in [0.25, 0.3) is 0 Å². The number of aryl methyl sites for hydroxylation is 1. The molecule has 1 aliphatic carbocycles. The summed E-state index contributed by atoms with van der Waals surface area (Å²) in [5.74, 6) is -2.12. The number of fused-ring (bicyclic) bond motifs is 1. The third kappa shape index (κ3) is 3.94. The molecule has 0 fully saturated rings. The Bertz CT molecular complexity index is 941. The second-order valence-corrected chi connectivity index (χ2v) is 9.00. The summed E-state index contributed by atoms with van der Waals surface area (Å²) in [6, 6.07) is 3.88. The van der Waals surface area contributed by atoms with E-state index in [1.807, 2.05) is 4.83 Å². The Morgan fingerprint density at radius 3 is 2.77 bits per heavy atom. The van der Waals surface area contributed by atoms with Gasteiger partial charge in [-0.05, 0) is 48.9 Å². The topological polar surface area (TPSA) is 75.3 Å². The normalized spacial score (nSPS) is 17.0. The number of amides is 1. The van der Waals surface area contributed by atoms with Crippen molar-refractivity contribution in [3.8, 4) is 0 Å². The monoisotopic (exact) mass is 400 g/mol. The van der Waals surface area contributed by atoms with Crippen molar-refractivity contribution in [2.24, 2.45) is 5.92 Å². The van der Waals surface area contributed by atoms with E-state index in [9.17, 15) is 22.0 Å². The predicted octanol–water partition coefficient (Wildman–Crippen LogP) is 3.16. The zero-order chi connectivity index (χ0) is 18.9. The molecule has 1 heterocycles. The first-order valence-electron chi connectivity index (χ1n) is 8.19. The van der Waals surface area contributed by atoms with Crippen molar-refractivity contribution in [1.82, 2.24) is 10.3 Å². The number of sulfonamides is 1. The van der Waals surface area contributed by atoms with Gasteiger partial charge in [0.05, 0.1) is 4.88 Å². The van der Waals surface area contributed by atoms with Crippen LogP contribution in [-0.4, -0.2) is 14.3 Å². The van der Waals surface area contributed by atoms with Gasteiger partial charge in [0.25, 0.3) is 15.9 Å². The minimum absolute atomic E-state index is 0.397. The molecule has 2 aromatic rings. The highest BCUT2D eigenvalue weighted by molar-refractivity contribution is 7.89. The molecule has 26 heavy (non-hydrogen) atoms. The van der Waals surface area contributed by atoms with Crippen LogP contribution >= 0.6 is 11.3 Å². The van der Waals surface area contributed by atoms with Gasteiger partial charge >= 0.3 is 0 Å². The zero-order valence-corrected chi connectivity index (χ0v) is 15.6. The molecule has 1 aliphatic rings. The first-order chi connectivity index (χ1) is 12.3. The second-order valence-electron chi connectivity index (χ2n) is 6.21. The number of rotatable bonds is 5. The molecule has 1 aromatic heterocycles. The molecule has 0 bridgehead atoms. The van der Waals surface area contributed by atoms with Crippen molar-refractivity contribution in [1.29, 1.82) is 0 Å². The van der Waals surface area contributed by atoms with Crippen LogP contribution in [0, 0.1) is 17.6 Å². The Labute approximate surface area is 154 Å². The number of hydrogen-bond donors (Lipinski definition) is 2. The number of carbonyl (C=O) groups excluding carboxylic acids is 1. The lowest BCUT2D eigenvalue weighted by atomic mass is 9.87. The molecule has 0 spiro atoms. The molecule has 2 N–H and O–H groups in total. The summed E-state index contributed by atoms with van der Waals surface area (Å²) in [6.07, 6.45) is 4.00. The van der Waals surface area contributed by atoms with Crippen molar-refractivity contribution in [2.45, 2.75) is 37.5 Å². The third-order valence-electron chi connectivity index (χ3n) is 4.47. The molecule has 5 nitrogen and oxygen atoms in total. The van der Waals surface area contributed by atoms with E-state index in [2.05, 4.69) is 12.3 Å². The number of carbonyl (C=O) groups is 1. The summed E-state index contributed by atoms with van der Waals surface area (Å²) in [7, 11) is -4.34. The van der Waals surface area contributed by atoms with Gasteiger partial charge in [-0.15, -0.1) is 16.2 Å². The van der Waals surface area contributed by atoms with Crippen molar-refractivity contribution in [3.05, 3.63) is 51.2 Å². The van der Waals surface area contributed by atoms with Crippen LogP contribution in [0.4, 0.5) is 8.78 Å². The highest BCUT2D eigenvalue weighted by Crippen LogP contribution is 2.33. The van der Waals surface area contributed by atoms with Gasteiger partial charge in [-0.2, -0.15) is 0 Å². The molecule has 0 radical (unpaired) electrons. The Hall–Kier alpha value is -1.84. The minimum Gasteiger partial charge on any atom is -0.273 e. The maximum atomic E-state index is 13.6. The van der Waals surface area contributed by atoms with Gasteiger partial charge in [-0.25, -0.2) is 17.2 Å². The van der Waals surface area contributed by atoms with Gasteiger partial charge in [-0.3, -0.25) is 10.2 Å². The van der Waals surface area contributed by atoms with Crippen molar-refractivity contribution in [3.63, 3.8) is 0 Å². The van der Waals surface area contributed by atoms with Crippen molar-refractivity contribution in [2.75, 3.05) is 0 Å². The van der Waals surface area contributed by atoms with Crippen LogP contribution in [0.15, 0.2) is 29.2 Å². The zero-order valence-electron chi connectivity index (χ0n) is 14.0. The number of thiophene rings is 1. The average Bonchev–Trinajstić information content (AvgIpc) is 3.02. The van der Waals surface area contributed by atoms with E-state index < -0.39 is 32.5 Å². The van der Waals surface area contributed by atoms with Gasteiger partial charge in [0, 0.05) is 10.9 Å². The average molecular weight is 400 g/mol. The van der Waals surface area contributed by atoms with Crippen LogP contribution in [0.5, 0.6) is 0 Å². The van der Waals surface area contributed by atoms with Gasteiger partial charge < -0.3 is 0 Å². The Balaban J connectivity index is 1.70. The second kappa shape index (κ2) is 7.42. The maximum Gasteiger partial charge on any atom is 0.276 e. The van der Waals surface area contributed by atoms with Crippen LogP contribution < -0.4 is 10.3 Å². The van der Waals surface area contributed by atoms with Gasteiger partial charge in [-0.1, -0.05) is 13.3 Å². The van der Waals surface area contributed by atoms with E-state index in [-0.39, 0.29) is 0 Å². The fraction of sp³-hybridized carbons (Fsp3) is 0.353. The van der Waals surface area contributed by atoms with Crippen molar-refractivity contribution >= 4 is 27.3 Å². The lowest BCUT2D eigenvalue weighted by molar-refractivity contribution is 0.0949. The van der Waals surface area contributed by atoms with Crippen molar-refractivity contribution < 1.29 is 22.0 Å². The summed E-state index contributed by atoms with van der Waals surface area (Å²) in [6.45, 7) is 2.14. The van der Waals surface area contributed by atoms with Crippen LogP contribution in [0.3, 0.4) is 0 Å². The number of nitrogens with one attached hydrogen (secondary N) is 2. The molecule has 0 saturated carbocycles. The predicted molar refractivity (Wildman–Crippen MR) is 94.3 cm³/mol. The van der Waals surface area contributed by atoms with Crippen LogP contribution in [-0.2, 0) is 22.9 Å². The fourth-order valence-electron chi connectivity index (χ4n) is 2.98. The molecule has 1 aromatic carbocycles. The van der Waals surface area contributed by atoms with Gasteiger partial charge in [0.2, 0.25) is 0 Å². The first-order valence-corrected chi connectivity index (χ1v) is 10.5. The van der Waals surface area contributed by atoms with Gasteiger partial charge in [0.15, 0.2) is 0 Å². The van der Waals surface area contributed by atoms with Crippen LogP contribution in [0.2, 0.25) is 0 Å². The van der Waals surface area contributed by atoms with Gasteiger partial charge in [0.1, 0.15) is 16.5 Å². The summed E-state index contributed by atoms with van der Waals surface area (Å²) < 4.78 is 50.7. The number of benzene rings is 1. The number of halogens is 2. The highest BCUT2D eigenvalue weighted by Gasteiger charge is 2.24. The smallest absolute Gasteiger partial charge is 0.273 e. The van der Waals surface area contributed by atoms with E-state index in [0.29, 0.717) is 16.9 Å². The summed E-state index contributed by atoms with van der Waals surface area (Å²) in [5.41, 5.74) is 3.22. The lowest BCUT2D eigenvalue weighted by Crippen LogP contribution is -2.41. The van der Waals surface area contributed by atoms with E-state index in [4.69, 9.17) is 0 Å². The standard InChI is InChI=1S/C17H18F2N2O3S2/c1-2-10-3-5-14-11(7-10)8-15(25-14)17(22)20-21-26(23,24)16-6-4-12(18)9-13(16)19/h4,6,8-10,21H,2-3,5,7H2,1H3,(H,20,22)/t10-/m1/s1. The largest absolute Gasteiger partial charge is 0.276 e. The Morgan fingerprint density at radius 2 is 2.08 bits per heavy atom. The van der Waals surface area contributed by atoms with E-state index in [0.717, 1.165) is 48.3 Å². The summed E-state index contributed by atoms with van der Waals surface area (Å²) >= 11 is 1.34. The molecule has 3 rings (SSSR count). The minimum atomic E-state index is -4.34. The summed E-state index contributed by atoms with van der Waals surface area (Å²) in [5, 5.41) is 0. The Morgan fingerprint density at radius 1 is 1.31 bits per heavy atom. The molecule has 1 amide bonds. The molecule has 0 saturated heterocycles. The third-order valence-corrected chi connectivity index (χ3v) is 6.99. The molecule has 0 unspecified atom stereocenters. The van der Waals surface area contributed by atoms with E-state index in [1.54, 1.807) is 6.07 Å². The summed E-state index contributed by atoms with van der Waals surface area (Å²) in [4.78, 5) is 14.9. The molecule has 140 valence electrons. The highest BCUT2D eigenvalue weighted by atomic mass is 32.2. The van der Waals surface area contributed by atoms with E-state index >= 15 is 0 Å². The quantitative estimate of drug-likeness (QED) is 0.757. The SMILES string of the molecule is CC[C@@H]1CCc2sc(C(=O)NNS(=O)(=O)c3ccc(F)cc3F)cc2C1. The lowest BCUT2D eigenvalue weighted by Gasteiger charge is -2.19. The van der Waals surface area contributed by atoms with Crippen LogP contribution in [0.1, 0.15) is 39.9 Å². The number of hydrazine groups is 1. The molecule has 0 aliphatic heterocycles. The molecular formula is C17H18F2N2O3S2. The molecule has 9 heteroatoms. The molecular weight excluding hydrogens is 382 g/mol. The first kappa shape index (κ1) is 18.9. The maximum absolute atomic E-state index is 13.6. The molecule has 1 atom stereocenters. The number of hydrogen-bond acceptors (Lipinski definition) is 4. The Kier molecular flexibility index (Phi) is 5.40. The van der Waals surface area contributed by atoms with E-state index in [1.165, 1.54) is 11.3 Å². The fourth-order valence-corrected chi connectivity index (χ4v) is 4.99.